The van der Waals surface area contributed by atoms with Crippen LogP contribution in [0.15, 0.2) is 4.52 Å². The quantitative estimate of drug-likeness (QED) is 0.718. The van der Waals surface area contributed by atoms with E-state index in [0.717, 1.165) is 12.8 Å². The fourth-order valence-corrected chi connectivity index (χ4v) is 1.33. The maximum Gasteiger partial charge on any atom is 0.341 e. The third-order valence-corrected chi connectivity index (χ3v) is 2.14. The van der Waals surface area contributed by atoms with Crippen LogP contribution in [-0.2, 0) is 6.54 Å². The monoisotopic (exact) mass is 182 g/mol. The van der Waals surface area contributed by atoms with E-state index in [-0.39, 0.29) is 18.0 Å². The molecule has 0 unspecified atom stereocenters. The maximum absolute atomic E-state index is 10.8. The van der Waals surface area contributed by atoms with Gasteiger partial charge in [0.1, 0.15) is 11.3 Å². The largest absolute Gasteiger partial charge is 0.477 e. The van der Waals surface area contributed by atoms with E-state index in [1.807, 2.05) is 0 Å². The molecule has 2 rings (SSSR count). The van der Waals surface area contributed by atoms with E-state index in [1.54, 1.807) is 0 Å². The predicted molar refractivity (Wildman–Crippen MR) is 43.3 cm³/mol. The van der Waals surface area contributed by atoms with E-state index in [9.17, 15) is 4.79 Å². The molecule has 0 amide bonds. The van der Waals surface area contributed by atoms with Crippen LogP contribution in [-0.4, -0.2) is 16.2 Å². The lowest BCUT2D eigenvalue weighted by Crippen LogP contribution is -2.06. The highest BCUT2D eigenvalue weighted by atomic mass is 16.5. The minimum atomic E-state index is -0.997. The zero-order chi connectivity index (χ0) is 9.42. The van der Waals surface area contributed by atoms with E-state index >= 15 is 0 Å². The van der Waals surface area contributed by atoms with E-state index < -0.39 is 5.97 Å². The van der Waals surface area contributed by atoms with Crippen LogP contribution in [0, 0.1) is 0 Å². The number of aromatic nitrogens is 1. The number of carbonyl (C=O) groups is 1. The first-order valence-corrected chi connectivity index (χ1v) is 4.16. The van der Waals surface area contributed by atoms with Gasteiger partial charge in [-0.25, -0.2) is 4.79 Å². The molecule has 1 aliphatic rings. The lowest BCUT2D eigenvalue weighted by molar-refractivity contribution is 0.0693. The molecule has 1 aliphatic carbocycles. The summed E-state index contributed by atoms with van der Waals surface area (Å²) in [5.41, 5.74) is 5.85. The Labute approximate surface area is 74.5 Å². The molecule has 0 atom stereocenters. The molecule has 1 aromatic rings. The molecule has 0 aliphatic heterocycles. The third kappa shape index (κ3) is 1.31. The highest BCUT2D eigenvalue weighted by Crippen LogP contribution is 2.42. The Morgan fingerprint density at radius 2 is 2.38 bits per heavy atom. The molecule has 0 spiro atoms. The standard InChI is InChI=1S/C8H10N2O3/c9-3-5-6(8(11)12)7(13-10-5)4-1-2-4/h4H,1-3,9H2,(H,11,12). The van der Waals surface area contributed by atoms with Crippen molar-refractivity contribution in [1.82, 2.24) is 5.16 Å². The summed E-state index contributed by atoms with van der Waals surface area (Å²) in [5, 5.41) is 12.5. The molecule has 0 bridgehead atoms. The third-order valence-electron chi connectivity index (χ3n) is 2.14. The van der Waals surface area contributed by atoms with Gasteiger partial charge in [0.2, 0.25) is 0 Å². The first-order chi connectivity index (χ1) is 6.24. The summed E-state index contributed by atoms with van der Waals surface area (Å²) in [7, 11) is 0. The molecular formula is C8H10N2O3. The van der Waals surface area contributed by atoms with Crippen LogP contribution >= 0.6 is 0 Å². The van der Waals surface area contributed by atoms with Crippen molar-refractivity contribution in [3.8, 4) is 0 Å². The van der Waals surface area contributed by atoms with Gasteiger partial charge >= 0.3 is 5.97 Å². The Kier molecular flexibility index (Phi) is 1.81. The average Bonchev–Trinajstić information content (AvgIpc) is 2.84. The fourth-order valence-electron chi connectivity index (χ4n) is 1.33. The smallest absolute Gasteiger partial charge is 0.341 e. The van der Waals surface area contributed by atoms with Crippen molar-refractivity contribution in [2.45, 2.75) is 25.3 Å². The Morgan fingerprint density at radius 1 is 1.69 bits per heavy atom. The number of carboxylic acid groups (broad SMARTS) is 1. The first kappa shape index (κ1) is 8.25. The topological polar surface area (TPSA) is 89.4 Å². The van der Waals surface area contributed by atoms with Crippen molar-refractivity contribution in [2.24, 2.45) is 5.73 Å². The molecule has 1 heterocycles. The molecule has 5 heteroatoms. The van der Waals surface area contributed by atoms with Crippen molar-refractivity contribution in [3.63, 3.8) is 0 Å². The first-order valence-electron chi connectivity index (χ1n) is 4.16. The van der Waals surface area contributed by atoms with Crippen LogP contribution in [0.3, 0.4) is 0 Å². The molecule has 1 aromatic heterocycles. The maximum atomic E-state index is 10.8. The van der Waals surface area contributed by atoms with Crippen LogP contribution in [0.1, 0.15) is 40.6 Å². The lowest BCUT2D eigenvalue weighted by Gasteiger charge is -1.93. The summed E-state index contributed by atoms with van der Waals surface area (Å²) in [6.45, 7) is 0.109. The number of carboxylic acids is 1. The lowest BCUT2D eigenvalue weighted by atomic mass is 10.1. The fraction of sp³-hybridized carbons (Fsp3) is 0.500. The summed E-state index contributed by atoms with van der Waals surface area (Å²) in [5.74, 6) is -0.254. The molecular weight excluding hydrogens is 172 g/mol. The van der Waals surface area contributed by atoms with Gasteiger partial charge in [0.15, 0.2) is 5.76 Å². The van der Waals surface area contributed by atoms with Crippen molar-refractivity contribution in [3.05, 3.63) is 17.0 Å². The highest BCUT2D eigenvalue weighted by Gasteiger charge is 2.34. The number of aromatic carboxylic acids is 1. The van der Waals surface area contributed by atoms with E-state index in [4.69, 9.17) is 15.4 Å². The summed E-state index contributed by atoms with van der Waals surface area (Å²) in [6, 6.07) is 0. The molecule has 5 nitrogen and oxygen atoms in total. The average molecular weight is 182 g/mol. The Balaban J connectivity index is 2.44. The van der Waals surface area contributed by atoms with Gasteiger partial charge in [0.05, 0.1) is 0 Å². The Bertz CT molecular complexity index is 341. The Morgan fingerprint density at radius 3 is 2.85 bits per heavy atom. The molecule has 3 N–H and O–H groups in total. The van der Waals surface area contributed by atoms with E-state index in [1.165, 1.54) is 0 Å². The molecule has 0 aromatic carbocycles. The van der Waals surface area contributed by atoms with Gasteiger partial charge in [0.25, 0.3) is 0 Å². The number of rotatable bonds is 3. The zero-order valence-electron chi connectivity index (χ0n) is 6.99. The molecule has 0 radical (unpaired) electrons. The summed E-state index contributed by atoms with van der Waals surface area (Å²) >= 11 is 0. The minimum Gasteiger partial charge on any atom is -0.477 e. The molecule has 1 fully saturated rings. The van der Waals surface area contributed by atoms with Crippen molar-refractivity contribution >= 4 is 5.97 Å². The van der Waals surface area contributed by atoms with Gasteiger partial charge in [-0.3, -0.25) is 0 Å². The second-order valence-electron chi connectivity index (χ2n) is 3.15. The van der Waals surface area contributed by atoms with Gasteiger partial charge < -0.3 is 15.4 Å². The second-order valence-corrected chi connectivity index (χ2v) is 3.15. The molecule has 13 heavy (non-hydrogen) atoms. The van der Waals surface area contributed by atoms with Gasteiger partial charge in [-0.15, -0.1) is 0 Å². The van der Waals surface area contributed by atoms with Crippen LogP contribution in [0.4, 0.5) is 0 Å². The highest BCUT2D eigenvalue weighted by molar-refractivity contribution is 5.90. The van der Waals surface area contributed by atoms with E-state index in [2.05, 4.69) is 5.16 Å². The SMILES string of the molecule is NCc1noc(C2CC2)c1C(=O)O. The number of nitrogens with zero attached hydrogens (tertiary/aromatic N) is 1. The van der Waals surface area contributed by atoms with Gasteiger partial charge in [0, 0.05) is 12.5 Å². The minimum absolute atomic E-state index is 0.109. The van der Waals surface area contributed by atoms with Gasteiger partial charge in [-0.1, -0.05) is 5.16 Å². The summed E-state index contributed by atoms with van der Waals surface area (Å²) in [6.07, 6.45) is 1.97. The van der Waals surface area contributed by atoms with Crippen LogP contribution in [0.25, 0.3) is 0 Å². The molecule has 0 saturated heterocycles. The molecule has 70 valence electrons. The zero-order valence-corrected chi connectivity index (χ0v) is 6.99. The summed E-state index contributed by atoms with van der Waals surface area (Å²) < 4.78 is 4.96. The van der Waals surface area contributed by atoms with Crippen molar-refractivity contribution < 1.29 is 14.4 Å². The predicted octanol–water partition coefficient (Wildman–Crippen LogP) is 0.709. The summed E-state index contributed by atoms with van der Waals surface area (Å²) in [4.78, 5) is 10.8. The van der Waals surface area contributed by atoms with Crippen LogP contribution in [0.5, 0.6) is 0 Å². The number of hydrogen-bond acceptors (Lipinski definition) is 4. The Hall–Kier alpha value is -1.36. The number of hydrogen-bond donors (Lipinski definition) is 2. The van der Waals surface area contributed by atoms with Crippen molar-refractivity contribution in [2.75, 3.05) is 0 Å². The number of nitrogens with two attached hydrogens (primary N) is 1. The van der Waals surface area contributed by atoms with Crippen molar-refractivity contribution in [1.29, 1.82) is 0 Å². The second kappa shape index (κ2) is 2.85. The van der Waals surface area contributed by atoms with Crippen LogP contribution in [0.2, 0.25) is 0 Å². The normalized spacial score (nSPS) is 16.1. The molecule has 1 saturated carbocycles. The van der Waals surface area contributed by atoms with Crippen LogP contribution < -0.4 is 5.73 Å². The van der Waals surface area contributed by atoms with E-state index in [0.29, 0.717) is 11.5 Å². The van der Waals surface area contributed by atoms with Gasteiger partial charge in [-0.2, -0.15) is 0 Å². The van der Waals surface area contributed by atoms with Gasteiger partial charge in [-0.05, 0) is 12.8 Å².